The van der Waals surface area contributed by atoms with Crippen molar-refractivity contribution < 1.29 is 19.4 Å². The van der Waals surface area contributed by atoms with Crippen molar-refractivity contribution in [1.82, 2.24) is 5.32 Å². The van der Waals surface area contributed by atoms with Gasteiger partial charge in [0.1, 0.15) is 5.84 Å². The lowest BCUT2D eigenvalue weighted by molar-refractivity contribution is -0.137. The molecule has 0 saturated heterocycles. The predicted octanol–water partition coefficient (Wildman–Crippen LogP) is 2.24. The molecule has 0 aliphatic carbocycles. The van der Waals surface area contributed by atoms with Crippen LogP contribution in [0.15, 0.2) is 17.1 Å². The van der Waals surface area contributed by atoms with Crippen LogP contribution in [0.2, 0.25) is 0 Å². The minimum atomic E-state index is -0.857. The van der Waals surface area contributed by atoms with Gasteiger partial charge in [0.2, 0.25) is 0 Å². The molecule has 0 spiro atoms. The van der Waals surface area contributed by atoms with Crippen molar-refractivity contribution in [2.24, 2.45) is 4.99 Å². The molecular weight excluding hydrogens is 296 g/mol. The molecule has 0 bridgehead atoms. The topological polar surface area (TPSA) is 80.2 Å². The normalized spacial score (nSPS) is 18.7. The number of hydrogen-bond donors (Lipinski definition) is 2. The zero-order chi connectivity index (χ0) is 17.2. The third kappa shape index (κ3) is 3.94. The maximum absolute atomic E-state index is 10.9. The highest BCUT2D eigenvalue weighted by Crippen LogP contribution is 2.34. The van der Waals surface area contributed by atoms with Gasteiger partial charge in [0.25, 0.3) is 0 Å². The van der Waals surface area contributed by atoms with E-state index in [9.17, 15) is 4.79 Å². The van der Waals surface area contributed by atoms with E-state index in [-0.39, 0.29) is 18.0 Å². The Morgan fingerprint density at radius 1 is 1.35 bits per heavy atom. The molecule has 1 aromatic carbocycles. The number of rotatable bonds is 5. The largest absolute Gasteiger partial charge is 0.493 e. The summed E-state index contributed by atoms with van der Waals surface area (Å²) in [7, 11) is 3.20. The number of amidine groups is 1. The molecule has 0 aromatic heterocycles. The fourth-order valence-corrected chi connectivity index (χ4v) is 2.82. The highest BCUT2D eigenvalue weighted by atomic mass is 16.5. The standard InChI is InChI=1S/C17H24N2O4/c1-10(6-15(20)21)18-16-12-8-14(23-5)13(22-4)7-11(12)9-17(2,3)19-16/h7-8,10H,6,9H2,1-5H3,(H,18,19)(H,20,21). The van der Waals surface area contributed by atoms with Gasteiger partial charge in [-0.25, -0.2) is 0 Å². The summed E-state index contributed by atoms with van der Waals surface area (Å²) >= 11 is 0. The smallest absolute Gasteiger partial charge is 0.305 e. The van der Waals surface area contributed by atoms with Crippen molar-refractivity contribution in [3.05, 3.63) is 23.3 Å². The first-order valence-corrected chi connectivity index (χ1v) is 7.59. The summed E-state index contributed by atoms with van der Waals surface area (Å²) in [6, 6.07) is 3.54. The summed E-state index contributed by atoms with van der Waals surface area (Å²) in [5.41, 5.74) is 1.86. The highest BCUT2D eigenvalue weighted by Gasteiger charge is 2.30. The number of fused-ring (bicyclic) bond motifs is 1. The van der Waals surface area contributed by atoms with E-state index < -0.39 is 5.97 Å². The van der Waals surface area contributed by atoms with E-state index >= 15 is 0 Å². The molecule has 1 aliphatic heterocycles. The summed E-state index contributed by atoms with van der Waals surface area (Å²) < 4.78 is 10.7. The van der Waals surface area contributed by atoms with Crippen molar-refractivity contribution >= 4 is 11.8 Å². The number of carboxylic acid groups (broad SMARTS) is 1. The molecule has 6 nitrogen and oxygen atoms in total. The van der Waals surface area contributed by atoms with Crippen LogP contribution in [0.25, 0.3) is 0 Å². The minimum Gasteiger partial charge on any atom is -0.493 e. The molecule has 0 fully saturated rings. The Balaban J connectivity index is 2.50. The van der Waals surface area contributed by atoms with E-state index in [0.29, 0.717) is 17.3 Å². The Morgan fingerprint density at radius 2 is 1.96 bits per heavy atom. The lowest BCUT2D eigenvalue weighted by atomic mass is 9.86. The lowest BCUT2D eigenvalue weighted by Gasteiger charge is -2.35. The van der Waals surface area contributed by atoms with Crippen LogP contribution in [0.1, 0.15) is 38.3 Å². The number of aliphatic carboxylic acids is 1. The van der Waals surface area contributed by atoms with Crippen molar-refractivity contribution in [2.75, 3.05) is 14.2 Å². The summed E-state index contributed by atoms with van der Waals surface area (Å²) in [6.45, 7) is 5.97. The van der Waals surface area contributed by atoms with Crippen molar-refractivity contribution in [1.29, 1.82) is 0 Å². The average Bonchev–Trinajstić information content (AvgIpc) is 2.43. The molecule has 23 heavy (non-hydrogen) atoms. The number of nitrogens with one attached hydrogen (secondary N) is 1. The summed E-state index contributed by atoms with van der Waals surface area (Å²) in [4.78, 5) is 15.5. The highest BCUT2D eigenvalue weighted by molar-refractivity contribution is 6.02. The number of carboxylic acids is 1. The number of ether oxygens (including phenoxy) is 2. The molecule has 6 heteroatoms. The average molecular weight is 320 g/mol. The van der Waals surface area contributed by atoms with Gasteiger partial charge in [-0.3, -0.25) is 9.79 Å². The number of aliphatic imine (C=N–C) groups is 1. The van der Waals surface area contributed by atoms with Crippen LogP contribution in [0.4, 0.5) is 0 Å². The van der Waals surface area contributed by atoms with E-state index in [4.69, 9.17) is 14.6 Å². The quantitative estimate of drug-likeness (QED) is 0.869. The SMILES string of the molecule is COc1cc2c(cc1OC)C(=NC(C)CC(=O)O)NC(C)(C)C2. The second-order valence-corrected chi connectivity index (χ2v) is 6.47. The molecule has 0 saturated carbocycles. The minimum absolute atomic E-state index is 0.00572. The van der Waals surface area contributed by atoms with Gasteiger partial charge < -0.3 is 19.9 Å². The molecule has 0 amide bonds. The number of benzene rings is 1. The Hall–Kier alpha value is -2.24. The molecule has 1 atom stereocenters. The Morgan fingerprint density at radius 3 is 2.52 bits per heavy atom. The van der Waals surface area contributed by atoms with Crippen molar-refractivity contribution in [3.63, 3.8) is 0 Å². The molecular formula is C17H24N2O4. The van der Waals surface area contributed by atoms with Gasteiger partial charge in [-0.15, -0.1) is 0 Å². The zero-order valence-corrected chi connectivity index (χ0v) is 14.3. The van der Waals surface area contributed by atoms with Gasteiger partial charge in [-0.2, -0.15) is 0 Å². The molecule has 0 radical (unpaired) electrons. The van der Waals surface area contributed by atoms with Gasteiger partial charge in [0, 0.05) is 11.1 Å². The molecule has 1 unspecified atom stereocenters. The number of nitrogens with zero attached hydrogens (tertiary/aromatic N) is 1. The van der Waals surface area contributed by atoms with Crippen LogP contribution in [0.3, 0.4) is 0 Å². The van der Waals surface area contributed by atoms with E-state index in [0.717, 1.165) is 17.5 Å². The zero-order valence-electron chi connectivity index (χ0n) is 14.3. The first-order valence-electron chi connectivity index (χ1n) is 7.59. The molecule has 1 heterocycles. The number of methoxy groups -OCH3 is 2. The Kier molecular flexibility index (Phi) is 4.82. The summed E-state index contributed by atoms with van der Waals surface area (Å²) in [5, 5.41) is 12.3. The van der Waals surface area contributed by atoms with Gasteiger partial charge in [-0.1, -0.05) is 0 Å². The fraction of sp³-hybridized carbons (Fsp3) is 0.529. The molecule has 1 aromatic rings. The fourth-order valence-electron chi connectivity index (χ4n) is 2.82. The first kappa shape index (κ1) is 17.1. The van der Waals surface area contributed by atoms with E-state index in [2.05, 4.69) is 24.2 Å². The monoisotopic (exact) mass is 320 g/mol. The Labute approximate surface area is 136 Å². The molecule has 2 N–H and O–H groups in total. The van der Waals surface area contributed by atoms with Gasteiger partial charge in [0.05, 0.1) is 26.7 Å². The maximum Gasteiger partial charge on any atom is 0.305 e. The van der Waals surface area contributed by atoms with E-state index in [1.165, 1.54) is 0 Å². The van der Waals surface area contributed by atoms with Gasteiger partial charge >= 0.3 is 5.97 Å². The number of carbonyl (C=O) groups is 1. The molecule has 2 rings (SSSR count). The van der Waals surface area contributed by atoms with Crippen LogP contribution in [0, 0.1) is 0 Å². The van der Waals surface area contributed by atoms with Crippen LogP contribution >= 0.6 is 0 Å². The van der Waals surface area contributed by atoms with Crippen LogP contribution < -0.4 is 14.8 Å². The van der Waals surface area contributed by atoms with Crippen LogP contribution in [-0.2, 0) is 11.2 Å². The lowest BCUT2D eigenvalue weighted by Crippen LogP contribution is -2.50. The summed E-state index contributed by atoms with van der Waals surface area (Å²) in [5.74, 6) is 1.16. The summed E-state index contributed by atoms with van der Waals surface area (Å²) in [6.07, 6.45) is 0.809. The van der Waals surface area contributed by atoms with Crippen molar-refractivity contribution in [3.8, 4) is 11.5 Å². The van der Waals surface area contributed by atoms with E-state index in [1.807, 2.05) is 12.1 Å². The van der Waals surface area contributed by atoms with Crippen LogP contribution in [-0.4, -0.2) is 42.7 Å². The third-order valence-corrected chi connectivity index (χ3v) is 3.77. The maximum atomic E-state index is 10.9. The second-order valence-electron chi connectivity index (χ2n) is 6.47. The molecule has 126 valence electrons. The number of hydrogen-bond acceptors (Lipinski definition) is 4. The third-order valence-electron chi connectivity index (χ3n) is 3.77. The molecule has 1 aliphatic rings. The van der Waals surface area contributed by atoms with Crippen molar-refractivity contribution in [2.45, 2.75) is 45.2 Å². The van der Waals surface area contributed by atoms with Gasteiger partial charge in [0.15, 0.2) is 11.5 Å². The first-order chi connectivity index (χ1) is 10.8. The second kappa shape index (κ2) is 6.48. The van der Waals surface area contributed by atoms with Crippen LogP contribution in [0.5, 0.6) is 11.5 Å². The van der Waals surface area contributed by atoms with E-state index in [1.54, 1.807) is 21.1 Å². The predicted molar refractivity (Wildman–Crippen MR) is 88.7 cm³/mol. The van der Waals surface area contributed by atoms with Gasteiger partial charge in [-0.05, 0) is 44.9 Å². The Bertz CT molecular complexity index is 638.